The molecule has 31 heavy (non-hydrogen) atoms. The highest BCUT2D eigenvalue weighted by Crippen LogP contribution is 2.36. The molecule has 4 nitrogen and oxygen atoms in total. The van der Waals surface area contributed by atoms with Gasteiger partial charge in [0.15, 0.2) is 0 Å². The minimum atomic E-state index is -4.48. The van der Waals surface area contributed by atoms with Crippen molar-refractivity contribution in [2.24, 2.45) is 0 Å². The molecule has 0 aliphatic rings. The zero-order chi connectivity index (χ0) is 21.8. The van der Waals surface area contributed by atoms with Crippen molar-refractivity contribution < 1.29 is 13.2 Å². The van der Waals surface area contributed by atoms with Crippen molar-refractivity contribution in [1.82, 2.24) is 20.2 Å². The maximum absolute atomic E-state index is 13.1. The van der Waals surface area contributed by atoms with Gasteiger partial charge in [0.2, 0.25) is 0 Å². The lowest BCUT2D eigenvalue weighted by Crippen LogP contribution is -2.04. The second kappa shape index (κ2) is 9.09. The number of H-pyrrole nitrogens is 2. The number of hydrogen-bond donors (Lipinski definition) is 2. The van der Waals surface area contributed by atoms with Gasteiger partial charge in [-0.3, -0.25) is 5.10 Å². The summed E-state index contributed by atoms with van der Waals surface area (Å²) in [6.07, 6.45) is 3.01. The summed E-state index contributed by atoms with van der Waals surface area (Å²) in [5.74, 6) is 0. The average molecular weight is 445 g/mol. The van der Waals surface area contributed by atoms with E-state index in [1.807, 2.05) is 24.3 Å². The Labute approximate surface area is 182 Å². The molecule has 0 amide bonds. The van der Waals surface area contributed by atoms with Crippen molar-refractivity contribution >= 4 is 11.3 Å². The third kappa shape index (κ3) is 4.90. The molecule has 0 bridgehead atoms. The first-order valence-electron chi connectivity index (χ1n) is 10.3. The van der Waals surface area contributed by atoms with Crippen LogP contribution in [-0.4, -0.2) is 20.2 Å². The van der Waals surface area contributed by atoms with E-state index in [-0.39, 0.29) is 5.69 Å². The Morgan fingerprint density at radius 1 is 1.00 bits per heavy atom. The summed E-state index contributed by atoms with van der Waals surface area (Å²) in [4.78, 5) is 8.85. The highest BCUT2D eigenvalue weighted by atomic mass is 32.1. The number of nitrogens with one attached hydrogen (secondary N) is 2. The van der Waals surface area contributed by atoms with Gasteiger partial charge in [0.1, 0.15) is 11.4 Å². The lowest BCUT2D eigenvalue weighted by Gasteiger charge is -2.09. The summed E-state index contributed by atoms with van der Waals surface area (Å²) in [5.41, 5.74) is 3.35. The molecule has 4 aromatic rings. The zero-order valence-corrected chi connectivity index (χ0v) is 17.9. The molecule has 162 valence electrons. The number of aromatic amines is 2. The van der Waals surface area contributed by atoms with Crippen molar-refractivity contribution in [3.8, 4) is 33.2 Å². The van der Waals surface area contributed by atoms with Crippen LogP contribution in [-0.2, 0) is 12.6 Å². The Kier molecular flexibility index (Phi) is 6.27. The summed E-state index contributed by atoms with van der Waals surface area (Å²) >= 11 is 1.64. The fraction of sp³-hybridized carbons (Fsp3) is 0.304. The van der Waals surface area contributed by atoms with Crippen LogP contribution in [0.5, 0.6) is 0 Å². The van der Waals surface area contributed by atoms with Crippen LogP contribution < -0.4 is 0 Å². The van der Waals surface area contributed by atoms with Crippen LogP contribution in [0.25, 0.3) is 33.2 Å². The SMILES string of the molecule is CCCCCCc1ccsc1-c1cc(-c2cc(C(F)(F)F)[nH]n2)nc(-c2ccc[nH]2)c1. The first kappa shape index (κ1) is 21.4. The van der Waals surface area contributed by atoms with Gasteiger partial charge in [-0.25, -0.2) is 4.98 Å². The molecule has 2 N–H and O–H groups in total. The molecule has 0 atom stereocenters. The van der Waals surface area contributed by atoms with Crippen LogP contribution in [0.3, 0.4) is 0 Å². The summed E-state index contributed by atoms with van der Waals surface area (Å²) < 4.78 is 39.2. The lowest BCUT2D eigenvalue weighted by atomic mass is 10.0. The van der Waals surface area contributed by atoms with Crippen molar-refractivity contribution in [2.75, 3.05) is 0 Å². The van der Waals surface area contributed by atoms with E-state index in [9.17, 15) is 13.2 Å². The molecule has 4 heterocycles. The van der Waals surface area contributed by atoms with Gasteiger partial charge in [-0.2, -0.15) is 18.3 Å². The molecule has 0 aromatic carbocycles. The molecule has 0 saturated carbocycles. The van der Waals surface area contributed by atoms with Crippen LogP contribution in [0.15, 0.2) is 48.0 Å². The van der Waals surface area contributed by atoms with Gasteiger partial charge in [-0.05, 0) is 65.7 Å². The van der Waals surface area contributed by atoms with Gasteiger partial charge in [0, 0.05) is 11.1 Å². The third-order valence-electron chi connectivity index (χ3n) is 5.15. The Morgan fingerprint density at radius 2 is 1.84 bits per heavy atom. The van der Waals surface area contributed by atoms with Gasteiger partial charge in [0.05, 0.1) is 17.1 Å². The Hall–Kier alpha value is -2.87. The van der Waals surface area contributed by atoms with Crippen molar-refractivity contribution in [3.05, 3.63) is 59.2 Å². The van der Waals surface area contributed by atoms with E-state index in [0.717, 1.165) is 35.0 Å². The number of pyridine rings is 1. The molecule has 0 unspecified atom stereocenters. The fourth-order valence-electron chi connectivity index (χ4n) is 3.55. The Balaban J connectivity index is 1.74. The number of nitrogens with zero attached hydrogens (tertiary/aromatic N) is 2. The second-order valence-corrected chi connectivity index (χ2v) is 8.38. The number of hydrogen-bond acceptors (Lipinski definition) is 3. The lowest BCUT2D eigenvalue weighted by molar-refractivity contribution is -0.141. The van der Waals surface area contributed by atoms with E-state index in [1.165, 1.54) is 24.8 Å². The van der Waals surface area contributed by atoms with E-state index in [0.29, 0.717) is 11.4 Å². The van der Waals surface area contributed by atoms with Crippen molar-refractivity contribution in [3.63, 3.8) is 0 Å². The van der Waals surface area contributed by atoms with Crippen LogP contribution >= 0.6 is 11.3 Å². The van der Waals surface area contributed by atoms with Crippen molar-refractivity contribution in [2.45, 2.75) is 45.2 Å². The van der Waals surface area contributed by atoms with Crippen LogP contribution in [0, 0.1) is 0 Å². The number of alkyl halides is 3. The molecule has 8 heteroatoms. The first-order chi connectivity index (χ1) is 15.0. The molecule has 0 aliphatic heterocycles. The predicted molar refractivity (Wildman–Crippen MR) is 118 cm³/mol. The molecular weight excluding hydrogens is 421 g/mol. The van der Waals surface area contributed by atoms with Gasteiger partial charge in [-0.15, -0.1) is 11.3 Å². The van der Waals surface area contributed by atoms with E-state index in [2.05, 4.69) is 38.5 Å². The quantitative estimate of drug-likeness (QED) is 0.279. The second-order valence-electron chi connectivity index (χ2n) is 7.46. The largest absolute Gasteiger partial charge is 0.432 e. The summed E-state index contributed by atoms with van der Waals surface area (Å²) in [5, 5.41) is 8.02. The maximum Gasteiger partial charge on any atom is 0.432 e. The predicted octanol–water partition coefficient (Wildman–Crippen LogP) is 7.34. The smallest absolute Gasteiger partial charge is 0.360 e. The monoisotopic (exact) mass is 444 g/mol. The molecule has 0 saturated heterocycles. The van der Waals surface area contributed by atoms with E-state index in [4.69, 9.17) is 0 Å². The van der Waals surface area contributed by atoms with Gasteiger partial charge in [-0.1, -0.05) is 26.2 Å². The molecule has 4 rings (SSSR count). The van der Waals surface area contributed by atoms with Gasteiger partial charge < -0.3 is 4.98 Å². The number of halogens is 3. The third-order valence-corrected chi connectivity index (χ3v) is 6.16. The average Bonchev–Trinajstić information content (AvgIpc) is 3.51. The molecule has 0 radical (unpaired) electrons. The molecule has 0 aliphatic carbocycles. The molecule has 0 spiro atoms. The Bertz CT molecular complexity index is 1130. The highest BCUT2D eigenvalue weighted by molar-refractivity contribution is 7.13. The number of thiophene rings is 1. The number of unbranched alkanes of at least 4 members (excludes halogenated alkanes) is 3. The van der Waals surface area contributed by atoms with Gasteiger partial charge >= 0.3 is 6.18 Å². The van der Waals surface area contributed by atoms with Gasteiger partial charge in [0.25, 0.3) is 0 Å². The number of rotatable bonds is 8. The fourth-order valence-corrected chi connectivity index (χ4v) is 4.49. The number of aryl methyl sites for hydroxylation is 1. The summed E-state index contributed by atoms with van der Waals surface area (Å²) in [6, 6.07) is 10.7. The molecule has 0 fully saturated rings. The standard InChI is InChI=1S/C23H23F3N4S/c1-2-3-4-5-7-15-9-11-31-22(15)16-12-18(17-8-6-10-27-17)28-19(13-16)20-14-21(30-29-20)23(24,25)26/h6,8-14,27H,2-5,7H2,1H3,(H,29,30). The van der Waals surface area contributed by atoms with Crippen molar-refractivity contribution in [1.29, 1.82) is 0 Å². The van der Waals surface area contributed by atoms with E-state index < -0.39 is 11.9 Å². The maximum atomic E-state index is 13.1. The molecule has 4 aromatic heterocycles. The van der Waals surface area contributed by atoms with Crippen LogP contribution in [0.4, 0.5) is 13.2 Å². The summed E-state index contributed by atoms with van der Waals surface area (Å²) in [7, 11) is 0. The highest BCUT2D eigenvalue weighted by Gasteiger charge is 2.33. The topological polar surface area (TPSA) is 57.4 Å². The zero-order valence-electron chi connectivity index (χ0n) is 17.1. The van der Waals surface area contributed by atoms with E-state index >= 15 is 0 Å². The first-order valence-corrected chi connectivity index (χ1v) is 11.2. The minimum Gasteiger partial charge on any atom is -0.360 e. The van der Waals surface area contributed by atoms with E-state index in [1.54, 1.807) is 17.5 Å². The number of aromatic nitrogens is 4. The van der Waals surface area contributed by atoms with Crippen LogP contribution in [0.2, 0.25) is 0 Å². The Morgan fingerprint density at radius 3 is 2.55 bits per heavy atom. The molecular formula is C23H23F3N4S. The minimum absolute atomic E-state index is 0.169. The normalized spacial score (nSPS) is 11.9. The van der Waals surface area contributed by atoms with Crippen LogP contribution in [0.1, 0.15) is 43.9 Å². The summed E-state index contributed by atoms with van der Waals surface area (Å²) in [6.45, 7) is 2.19.